The molecule has 3 fully saturated rings. The van der Waals surface area contributed by atoms with Gasteiger partial charge in [-0.25, -0.2) is 8.42 Å². The quantitative estimate of drug-likeness (QED) is 0.781. The molecule has 4 rings (SSSR count). The van der Waals surface area contributed by atoms with Crippen LogP contribution in [0, 0.1) is 0 Å². The standard InChI is InChI=1S/C18H26N2O4S2/c1-26(22,23)20-14-2-3-15(20)11-17(10-14)24-16-4-7-19(8-5-16)18(21)13-6-9-25-12-13/h6,9,12,14-17H,2-5,7-8,10-11H2,1H3/t14-,15+,17?. The molecule has 3 aliphatic heterocycles. The zero-order valence-electron chi connectivity index (χ0n) is 15.0. The highest BCUT2D eigenvalue weighted by Crippen LogP contribution is 2.39. The lowest BCUT2D eigenvalue weighted by molar-refractivity contribution is -0.0661. The summed E-state index contributed by atoms with van der Waals surface area (Å²) in [7, 11) is -3.12. The van der Waals surface area contributed by atoms with Crippen LogP contribution in [0.2, 0.25) is 0 Å². The molecule has 3 aliphatic rings. The van der Waals surface area contributed by atoms with Crippen LogP contribution in [0.15, 0.2) is 16.8 Å². The van der Waals surface area contributed by atoms with Gasteiger partial charge in [-0.15, -0.1) is 0 Å². The number of piperidine rings is 2. The molecule has 2 bridgehead atoms. The number of sulfonamides is 1. The molecule has 0 radical (unpaired) electrons. The van der Waals surface area contributed by atoms with Gasteiger partial charge >= 0.3 is 0 Å². The van der Waals surface area contributed by atoms with Crippen molar-refractivity contribution in [1.82, 2.24) is 9.21 Å². The normalized spacial score (nSPS) is 30.7. The third kappa shape index (κ3) is 3.69. The zero-order valence-corrected chi connectivity index (χ0v) is 16.7. The molecule has 4 heterocycles. The molecule has 26 heavy (non-hydrogen) atoms. The second kappa shape index (κ2) is 7.22. The van der Waals surface area contributed by atoms with Crippen LogP contribution in [0.25, 0.3) is 0 Å². The molecule has 0 aromatic carbocycles. The van der Waals surface area contributed by atoms with Crippen LogP contribution in [0.3, 0.4) is 0 Å². The molecule has 3 saturated heterocycles. The molecular formula is C18H26N2O4S2. The molecule has 144 valence electrons. The van der Waals surface area contributed by atoms with Crippen LogP contribution in [0.5, 0.6) is 0 Å². The van der Waals surface area contributed by atoms with Crippen molar-refractivity contribution in [2.75, 3.05) is 19.3 Å². The predicted octanol–water partition coefficient (Wildman–Crippen LogP) is 2.32. The summed E-state index contributed by atoms with van der Waals surface area (Å²) in [6, 6.07) is 2.09. The summed E-state index contributed by atoms with van der Waals surface area (Å²) in [6.45, 7) is 1.46. The molecule has 1 aromatic heterocycles. The van der Waals surface area contributed by atoms with Gasteiger partial charge in [0, 0.05) is 30.6 Å². The largest absolute Gasteiger partial charge is 0.375 e. The number of rotatable bonds is 4. The lowest BCUT2D eigenvalue weighted by Gasteiger charge is -2.40. The number of amides is 1. The van der Waals surface area contributed by atoms with E-state index < -0.39 is 10.0 Å². The Balaban J connectivity index is 1.29. The molecule has 0 saturated carbocycles. The van der Waals surface area contributed by atoms with E-state index in [4.69, 9.17) is 4.74 Å². The van der Waals surface area contributed by atoms with E-state index in [0.29, 0.717) is 0 Å². The minimum absolute atomic E-state index is 0.106. The number of hydrogen-bond acceptors (Lipinski definition) is 5. The first-order valence-corrected chi connectivity index (χ1v) is 12.2. The van der Waals surface area contributed by atoms with E-state index in [9.17, 15) is 13.2 Å². The summed E-state index contributed by atoms with van der Waals surface area (Å²) >= 11 is 1.54. The van der Waals surface area contributed by atoms with Gasteiger partial charge in [0.25, 0.3) is 5.91 Å². The maximum atomic E-state index is 12.4. The van der Waals surface area contributed by atoms with E-state index >= 15 is 0 Å². The first-order valence-electron chi connectivity index (χ1n) is 9.37. The molecule has 6 nitrogen and oxygen atoms in total. The van der Waals surface area contributed by atoms with Crippen LogP contribution in [0.1, 0.15) is 48.9 Å². The van der Waals surface area contributed by atoms with Gasteiger partial charge < -0.3 is 9.64 Å². The van der Waals surface area contributed by atoms with Crippen molar-refractivity contribution in [3.8, 4) is 0 Å². The fraction of sp³-hybridized carbons (Fsp3) is 0.722. The van der Waals surface area contributed by atoms with Crippen LogP contribution < -0.4 is 0 Å². The Labute approximate surface area is 159 Å². The number of carbonyl (C=O) groups is 1. The molecule has 0 aliphatic carbocycles. The van der Waals surface area contributed by atoms with Crippen molar-refractivity contribution in [2.24, 2.45) is 0 Å². The molecule has 1 amide bonds. The Kier molecular flexibility index (Phi) is 5.11. The van der Waals surface area contributed by atoms with Gasteiger partial charge in [-0.3, -0.25) is 4.79 Å². The second-order valence-electron chi connectivity index (χ2n) is 7.71. The third-order valence-corrected chi connectivity index (χ3v) is 7.93. The SMILES string of the molecule is CS(=O)(=O)N1[C@@H]2CC[C@H]1CC(OC1CCN(C(=O)c3ccsc3)CC1)C2. The molecule has 0 spiro atoms. The van der Waals surface area contributed by atoms with E-state index in [-0.39, 0.29) is 30.2 Å². The van der Waals surface area contributed by atoms with E-state index in [1.165, 1.54) is 6.26 Å². The van der Waals surface area contributed by atoms with Crippen molar-refractivity contribution < 1.29 is 17.9 Å². The Morgan fingerprint density at radius 1 is 1.12 bits per heavy atom. The molecule has 3 atom stereocenters. The summed E-state index contributed by atoms with van der Waals surface area (Å²) in [6.07, 6.45) is 6.87. The highest BCUT2D eigenvalue weighted by molar-refractivity contribution is 7.88. The van der Waals surface area contributed by atoms with Gasteiger partial charge in [0.1, 0.15) is 0 Å². The average Bonchev–Trinajstić information content (AvgIpc) is 3.22. The number of hydrogen-bond donors (Lipinski definition) is 0. The number of likely N-dealkylation sites (tertiary alicyclic amines) is 1. The summed E-state index contributed by atoms with van der Waals surface area (Å²) in [5.41, 5.74) is 0.777. The van der Waals surface area contributed by atoms with E-state index in [1.807, 2.05) is 21.7 Å². The number of thiophene rings is 1. The fourth-order valence-corrected chi connectivity index (χ4v) is 6.87. The van der Waals surface area contributed by atoms with Gasteiger partial charge in [0.05, 0.1) is 24.0 Å². The Bertz CT molecular complexity index is 727. The molecule has 0 N–H and O–H groups in total. The van der Waals surface area contributed by atoms with Crippen LogP contribution in [-0.4, -0.2) is 67.2 Å². The van der Waals surface area contributed by atoms with Gasteiger partial charge in [0.2, 0.25) is 10.0 Å². The average molecular weight is 399 g/mol. The van der Waals surface area contributed by atoms with Crippen molar-refractivity contribution in [3.63, 3.8) is 0 Å². The third-order valence-electron chi connectivity index (χ3n) is 5.89. The first kappa shape index (κ1) is 18.4. The maximum absolute atomic E-state index is 12.4. The highest BCUT2D eigenvalue weighted by Gasteiger charge is 2.46. The number of fused-ring (bicyclic) bond motifs is 2. The summed E-state index contributed by atoms with van der Waals surface area (Å²) in [5.74, 6) is 0.115. The summed E-state index contributed by atoms with van der Waals surface area (Å²) in [5, 5.41) is 3.83. The molecule has 1 aromatic rings. The fourth-order valence-electron chi connectivity index (χ4n) is 4.77. The monoisotopic (exact) mass is 398 g/mol. The van der Waals surface area contributed by atoms with Crippen molar-refractivity contribution in [3.05, 3.63) is 22.4 Å². The van der Waals surface area contributed by atoms with Crippen LogP contribution in [-0.2, 0) is 14.8 Å². The first-order chi connectivity index (χ1) is 12.4. The topological polar surface area (TPSA) is 66.9 Å². The van der Waals surface area contributed by atoms with Crippen molar-refractivity contribution in [1.29, 1.82) is 0 Å². The van der Waals surface area contributed by atoms with E-state index in [0.717, 1.165) is 57.2 Å². The van der Waals surface area contributed by atoms with Crippen LogP contribution in [0.4, 0.5) is 0 Å². The van der Waals surface area contributed by atoms with Crippen molar-refractivity contribution in [2.45, 2.75) is 62.8 Å². The van der Waals surface area contributed by atoms with Gasteiger partial charge in [-0.1, -0.05) is 0 Å². The summed E-state index contributed by atoms with van der Waals surface area (Å²) in [4.78, 5) is 14.3. The molecule has 1 unspecified atom stereocenters. The predicted molar refractivity (Wildman–Crippen MR) is 101 cm³/mol. The lowest BCUT2D eigenvalue weighted by atomic mass is 10.0. The van der Waals surface area contributed by atoms with Crippen molar-refractivity contribution >= 4 is 27.3 Å². The van der Waals surface area contributed by atoms with Gasteiger partial charge in [-0.05, 0) is 50.0 Å². The van der Waals surface area contributed by atoms with Gasteiger partial charge in [0.15, 0.2) is 0 Å². The highest BCUT2D eigenvalue weighted by atomic mass is 32.2. The lowest BCUT2D eigenvalue weighted by Crippen LogP contribution is -2.49. The van der Waals surface area contributed by atoms with E-state index in [1.54, 1.807) is 15.6 Å². The second-order valence-corrected chi connectivity index (χ2v) is 10.4. The number of carbonyl (C=O) groups excluding carboxylic acids is 1. The Morgan fingerprint density at radius 3 is 2.31 bits per heavy atom. The smallest absolute Gasteiger partial charge is 0.254 e. The Morgan fingerprint density at radius 2 is 1.77 bits per heavy atom. The van der Waals surface area contributed by atoms with Crippen LogP contribution >= 0.6 is 11.3 Å². The Hall–Kier alpha value is -0.960. The van der Waals surface area contributed by atoms with Gasteiger partial charge in [-0.2, -0.15) is 15.6 Å². The summed E-state index contributed by atoms with van der Waals surface area (Å²) < 4.78 is 32.0. The molecular weight excluding hydrogens is 372 g/mol. The number of nitrogens with zero attached hydrogens (tertiary/aromatic N) is 2. The number of ether oxygens (including phenoxy) is 1. The maximum Gasteiger partial charge on any atom is 0.254 e. The van der Waals surface area contributed by atoms with E-state index in [2.05, 4.69) is 0 Å². The zero-order chi connectivity index (χ0) is 18.3. The minimum atomic E-state index is -3.12. The molecule has 8 heteroatoms. The minimum Gasteiger partial charge on any atom is -0.375 e.